The molecule has 0 atom stereocenters. The van der Waals surface area contributed by atoms with Crippen LogP contribution in [-0.2, 0) is 11.2 Å². The summed E-state index contributed by atoms with van der Waals surface area (Å²) in [6.07, 6.45) is 0.894. The van der Waals surface area contributed by atoms with Gasteiger partial charge < -0.3 is 4.74 Å². The van der Waals surface area contributed by atoms with Crippen molar-refractivity contribution in [1.82, 2.24) is 0 Å². The molecule has 1 aromatic carbocycles. The molecule has 0 bridgehead atoms. The van der Waals surface area contributed by atoms with E-state index >= 15 is 0 Å². The van der Waals surface area contributed by atoms with E-state index < -0.39 is 0 Å². The predicted molar refractivity (Wildman–Crippen MR) is 52.1 cm³/mol. The quantitative estimate of drug-likeness (QED) is 0.540. The standard InChI is InChI=1S/C10H11ClO2/c1-3-8-4-5-9(11)10(6-8)13-7(2)12/h4-6H,3H2,1-2H3. The van der Waals surface area contributed by atoms with E-state index in [9.17, 15) is 4.79 Å². The zero-order chi connectivity index (χ0) is 9.84. The third kappa shape index (κ3) is 2.74. The van der Waals surface area contributed by atoms with Crippen molar-refractivity contribution in [3.63, 3.8) is 0 Å². The number of ether oxygens (including phenoxy) is 1. The van der Waals surface area contributed by atoms with Crippen LogP contribution in [0.3, 0.4) is 0 Å². The normalized spacial score (nSPS) is 9.77. The van der Waals surface area contributed by atoms with Gasteiger partial charge in [-0.05, 0) is 24.1 Å². The highest BCUT2D eigenvalue weighted by Crippen LogP contribution is 2.25. The van der Waals surface area contributed by atoms with Crippen LogP contribution in [0.15, 0.2) is 18.2 Å². The van der Waals surface area contributed by atoms with Gasteiger partial charge >= 0.3 is 5.97 Å². The second-order valence-electron chi connectivity index (χ2n) is 2.71. The van der Waals surface area contributed by atoms with Crippen LogP contribution >= 0.6 is 11.6 Å². The summed E-state index contributed by atoms with van der Waals surface area (Å²) in [6, 6.07) is 5.43. The maximum Gasteiger partial charge on any atom is 0.308 e. The second kappa shape index (κ2) is 4.28. The van der Waals surface area contributed by atoms with E-state index in [0.717, 1.165) is 12.0 Å². The van der Waals surface area contributed by atoms with Crippen LogP contribution in [0, 0.1) is 0 Å². The summed E-state index contributed by atoms with van der Waals surface area (Å²) in [5.74, 6) is 0.0867. The Bertz CT molecular complexity index is 321. The van der Waals surface area contributed by atoms with Crippen LogP contribution in [0.2, 0.25) is 5.02 Å². The molecule has 0 N–H and O–H groups in total. The third-order valence-corrected chi connectivity index (χ3v) is 1.97. The van der Waals surface area contributed by atoms with E-state index in [4.69, 9.17) is 16.3 Å². The van der Waals surface area contributed by atoms with Crippen LogP contribution in [0.25, 0.3) is 0 Å². The van der Waals surface area contributed by atoms with Crippen molar-refractivity contribution < 1.29 is 9.53 Å². The Morgan fingerprint density at radius 2 is 2.23 bits per heavy atom. The predicted octanol–water partition coefficient (Wildman–Crippen LogP) is 2.83. The molecule has 0 unspecified atom stereocenters. The molecule has 0 aliphatic carbocycles. The van der Waals surface area contributed by atoms with Crippen LogP contribution in [0.5, 0.6) is 5.75 Å². The van der Waals surface area contributed by atoms with Gasteiger partial charge in [0, 0.05) is 6.92 Å². The fourth-order valence-corrected chi connectivity index (χ4v) is 1.16. The Morgan fingerprint density at radius 3 is 2.77 bits per heavy atom. The first-order chi connectivity index (χ1) is 6.13. The summed E-state index contributed by atoms with van der Waals surface area (Å²) in [7, 11) is 0. The zero-order valence-electron chi connectivity index (χ0n) is 7.63. The summed E-state index contributed by atoms with van der Waals surface area (Å²) < 4.78 is 4.92. The molecule has 2 nitrogen and oxygen atoms in total. The summed E-state index contributed by atoms with van der Waals surface area (Å²) in [5.41, 5.74) is 1.10. The van der Waals surface area contributed by atoms with Gasteiger partial charge in [-0.15, -0.1) is 0 Å². The number of hydrogen-bond acceptors (Lipinski definition) is 2. The first-order valence-corrected chi connectivity index (χ1v) is 4.48. The zero-order valence-corrected chi connectivity index (χ0v) is 8.39. The molecule has 0 aliphatic rings. The number of rotatable bonds is 2. The van der Waals surface area contributed by atoms with Crippen molar-refractivity contribution in [2.45, 2.75) is 20.3 Å². The monoisotopic (exact) mass is 198 g/mol. The molecule has 0 amide bonds. The number of hydrogen-bond donors (Lipinski definition) is 0. The van der Waals surface area contributed by atoms with E-state index in [1.807, 2.05) is 13.0 Å². The molecule has 1 aromatic rings. The minimum Gasteiger partial charge on any atom is -0.425 e. The summed E-state index contributed by atoms with van der Waals surface area (Å²) >= 11 is 5.82. The summed E-state index contributed by atoms with van der Waals surface area (Å²) in [5, 5.41) is 0.465. The number of carbonyl (C=O) groups is 1. The Morgan fingerprint density at radius 1 is 1.54 bits per heavy atom. The SMILES string of the molecule is CCc1ccc(Cl)c(OC(C)=O)c1. The van der Waals surface area contributed by atoms with Gasteiger partial charge in [-0.25, -0.2) is 0 Å². The van der Waals surface area contributed by atoms with Crippen LogP contribution in [-0.4, -0.2) is 5.97 Å². The van der Waals surface area contributed by atoms with Crippen molar-refractivity contribution in [3.8, 4) is 5.75 Å². The summed E-state index contributed by atoms with van der Waals surface area (Å²) in [4.78, 5) is 10.7. The molecular weight excluding hydrogens is 188 g/mol. The number of halogens is 1. The van der Waals surface area contributed by atoms with Gasteiger partial charge in [0.25, 0.3) is 0 Å². The molecular formula is C10H11ClO2. The lowest BCUT2D eigenvalue weighted by Gasteiger charge is -2.05. The Labute approximate surface area is 82.5 Å². The maximum atomic E-state index is 10.7. The highest BCUT2D eigenvalue weighted by molar-refractivity contribution is 6.32. The highest BCUT2D eigenvalue weighted by atomic mass is 35.5. The molecule has 0 radical (unpaired) electrons. The molecule has 70 valence electrons. The highest BCUT2D eigenvalue weighted by Gasteiger charge is 2.04. The van der Waals surface area contributed by atoms with Gasteiger partial charge in [0.1, 0.15) is 5.75 Å². The van der Waals surface area contributed by atoms with Crippen molar-refractivity contribution >= 4 is 17.6 Å². The first kappa shape index (κ1) is 10.1. The van der Waals surface area contributed by atoms with Crippen LogP contribution < -0.4 is 4.74 Å². The molecule has 1 rings (SSSR count). The second-order valence-corrected chi connectivity index (χ2v) is 3.12. The van der Waals surface area contributed by atoms with E-state index in [2.05, 4.69) is 0 Å². The molecule has 3 heteroatoms. The molecule has 0 spiro atoms. The molecule has 13 heavy (non-hydrogen) atoms. The largest absolute Gasteiger partial charge is 0.425 e. The molecule has 0 aromatic heterocycles. The molecule has 0 saturated carbocycles. The van der Waals surface area contributed by atoms with Crippen LogP contribution in [0.1, 0.15) is 19.4 Å². The molecule has 0 aliphatic heterocycles. The van der Waals surface area contributed by atoms with Crippen molar-refractivity contribution in [2.75, 3.05) is 0 Å². The first-order valence-electron chi connectivity index (χ1n) is 4.10. The minimum absolute atomic E-state index is 0.352. The van der Waals surface area contributed by atoms with Crippen molar-refractivity contribution in [2.24, 2.45) is 0 Å². The number of benzene rings is 1. The maximum absolute atomic E-state index is 10.7. The van der Waals surface area contributed by atoms with E-state index in [-0.39, 0.29) is 5.97 Å². The van der Waals surface area contributed by atoms with E-state index in [0.29, 0.717) is 10.8 Å². The third-order valence-electron chi connectivity index (χ3n) is 1.66. The van der Waals surface area contributed by atoms with Gasteiger partial charge in [0.2, 0.25) is 0 Å². The van der Waals surface area contributed by atoms with E-state index in [1.165, 1.54) is 6.92 Å². The van der Waals surface area contributed by atoms with E-state index in [1.54, 1.807) is 12.1 Å². The molecule has 0 saturated heterocycles. The van der Waals surface area contributed by atoms with Gasteiger partial charge in [-0.1, -0.05) is 24.6 Å². The lowest BCUT2D eigenvalue weighted by Crippen LogP contribution is -2.02. The fourth-order valence-electron chi connectivity index (χ4n) is 1.00. The van der Waals surface area contributed by atoms with Crippen molar-refractivity contribution in [3.05, 3.63) is 28.8 Å². The van der Waals surface area contributed by atoms with Gasteiger partial charge in [0.15, 0.2) is 0 Å². The van der Waals surface area contributed by atoms with Gasteiger partial charge in [-0.3, -0.25) is 4.79 Å². The molecule has 0 fully saturated rings. The average Bonchev–Trinajstić information content (AvgIpc) is 2.08. The van der Waals surface area contributed by atoms with Crippen LogP contribution in [0.4, 0.5) is 0 Å². The Balaban J connectivity index is 2.96. The lowest BCUT2D eigenvalue weighted by molar-refractivity contribution is -0.131. The number of aryl methyl sites for hydroxylation is 1. The Kier molecular flexibility index (Phi) is 3.32. The summed E-state index contributed by atoms with van der Waals surface area (Å²) in [6.45, 7) is 3.38. The number of carbonyl (C=O) groups excluding carboxylic acids is 1. The minimum atomic E-state index is -0.352. The van der Waals surface area contributed by atoms with Crippen molar-refractivity contribution in [1.29, 1.82) is 0 Å². The molecule has 0 heterocycles. The number of esters is 1. The average molecular weight is 199 g/mol. The lowest BCUT2D eigenvalue weighted by atomic mass is 10.2. The smallest absolute Gasteiger partial charge is 0.308 e. The van der Waals surface area contributed by atoms with Gasteiger partial charge in [-0.2, -0.15) is 0 Å². The fraction of sp³-hybridized carbons (Fsp3) is 0.300. The van der Waals surface area contributed by atoms with Gasteiger partial charge in [0.05, 0.1) is 5.02 Å². The Hall–Kier alpha value is -1.02. The topological polar surface area (TPSA) is 26.3 Å².